The summed E-state index contributed by atoms with van der Waals surface area (Å²) in [6.45, 7) is 5.53. The van der Waals surface area contributed by atoms with Crippen LogP contribution in [0.1, 0.15) is 41.4 Å². The first-order valence-corrected chi connectivity index (χ1v) is 10.4. The maximum atomic E-state index is 14.4. The first-order valence-electron chi connectivity index (χ1n) is 9.54. The molecule has 0 aliphatic carbocycles. The number of rotatable bonds is 5. The van der Waals surface area contributed by atoms with E-state index >= 15 is 0 Å². The fourth-order valence-electron chi connectivity index (χ4n) is 3.56. The summed E-state index contributed by atoms with van der Waals surface area (Å²) in [4.78, 5) is 22.0. The number of carbonyl (C=O) groups is 1. The van der Waals surface area contributed by atoms with Gasteiger partial charge in [0.15, 0.2) is 5.13 Å². The first kappa shape index (κ1) is 18.7. The zero-order valence-electron chi connectivity index (χ0n) is 16.0. The summed E-state index contributed by atoms with van der Waals surface area (Å²) in [5.74, 6) is -0.236. The molecule has 1 aromatic carbocycles. The van der Waals surface area contributed by atoms with Crippen molar-refractivity contribution in [2.24, 2.45) is 0 Å². The summed E-state index contributed by atoms with van der Waals surface area (Å²) in [5.41, 5.74) is 4.50. The second kappa shape index (κ2) is 7.75. The largest absolute Gasteiger partial charge is 0.357 e. The molecule has 1 aliphatic heterocycles. The van der Waals surface area contributed by atoms with Crippen LogP contribution in [0.15, 0.2) is 29.8 Å². The second-order valence-electron chi connectivity index (χ2n) is 7.10. The third-order valence-electron chi connectivity index (χ3n) is 5.04. The minimum atomic E-state index is -0.270. The Morgan fingerprint density at radius 1 is 1.32 bits per heavy atom. The lowest BCUT2D eigenvalue weighted by atomic mass is 10.1. The quantitative estimate of drug-likeness (QED) is 0.626. The van der Waals surface area contributed by atoms with Crippen molar-refractivity contribution in [2.75, 3.05) is 18.4 Å². The number of hydrogen-bond donors (Lipinski definition) is 2. The number of carbonyl (C=O) groups excluding carboxylic acids is 1. The minimum absolute atomic E-state index is 0.0339. The number of hydrogen-bond acceptors (Lipinski definition) is 4. The van der Waals surface area contributed by atoms with Crippen molar-refractivity contribution in [3.63, 3.8) is 0 Å². The van der Waals surface area contributed by atoms with Crippen molar-refractivity contribution in [1.82, 2.24) is 14.9 Å². The molecule has 0 bridgehead atoms. The molecule has 0 unspecified atom stereocenters. The topological polar surface area (TPSA) is 61.0 Å². The maximum absolute atomic E-state index is 14.4. The molecule has 0 atom stereocenters. The van der Waals surface area contributed by atoms with Crippen LogP contribution in [0.3, 0.4) is 0 Å². The highest BCUT2D eigenvalue weighted by atomic mass is 32.1. The fourth-order valence-corrected chi connectivity index (χ4v) is 4.28. The summed E-state index contributed by atoms with van der Waals surface area (Å²) < 4.78 is 14.4. The molecular formula is C21H23FN4OS. The van der Waals surface area contributed by atoms with Crippen molar-refractivity contribution in [3.8, 4) is 11.3 Å². The summed E-state index contributed by atoms with van der Waals surface area (Å²) in [6.07, 6.45) is 4.66. The molecule has 1 saturated heterocycles. The number of nitrogens with one attached hydrogen (secondary N) is 2. The second-order valence-corrected chi connectivity index (χ2v) is 7.96. The van der Waals surface area contributed by atoms with Crippen molar-refractivity contribution >= 4 is 28.1 Å². The van der Waals surface area contributed by atoms with Crippen molar-refractivity contribution in [2.45, 2.75) is 33.1 Å². The van der Waals surface area contributed by atoms with E-state index < -0.39 is 0 Å². The third kappa shape index (κ3) is 3.67. The van der Waals surface area contributed by atoms with E-state index in [1.165, 1.54) is 17.4 Å². The van der Waals surface area contributed by atoms with Crippen LogP contribution in [0.5, 0.6) is 0 Å². The standard InChI is InChI=1S/C21H23FN4OS/c1-3-14-8-13(2)9-16(22)19(14)25-21-24-18(12-28-21)15-10-17(23-11-15)20(27)26-6-4-5-7-26/h8-12,23H,3-7H2,1-2H3,(H,24,25). The molecule has 5 nitrogen and oxygen atoms in total. The van der Waals surface area contributed by atoms with Crippen LogP contribution in [-0.2, 0) is 6.42 Å². The van der Waals surface area contributed by atoms with E-state index in [0.717, 1.165) is 54.7 Å². The Hall–Kier alpha value is -2.67. The van der Waals surface area contributed by atoms with Crippen molar-refractivity contribution < 1.29 is 9.18 Å². The molecule has 146 valence electrons. The molecule has 1 aliphatic rings. The van der Waals surface area contributed by atoms with Crippen LogP contribution in [0.2, 0.25) is 0 Å². The highest BCUT2D eigenvalue weighted by Gasteiger charge is 2.21. The number of aromatic nitrogens is 2. The number of thiazole rings is 1. The van der Waals surface area contributed by atoms with Gasteiger partial charge in [-0.1, -0.05) is 13.0 Å². The van der Waals surface area contributed by atoms with Crippen LogP contribution in [-0.4, -0.2) is 33.9 Å². The molecular weight excluding hydrogens is 375 g/mol. The Balaban J connectivity index is 1.53. The molecule has 0 radical (unpaired) electrons. The number of anilines is 2. The molecule has 28 heavy (non-hydrogen) atoms. The average molecular weight is 399 g/mol. The van der Waals surface area contributed by atoms with Gasteiger partial charge in [-0.25, -0.2) is 9.37 Å². The third-order valence-corrected chi connectivity index (χ3v) is 5.79. The number of aryl methyl sites for hydroxylation is 2. The van der Waals surface area contributed by atoms with E-state index in [9.17, 15) is 9.18 Å². The molecule has 3 aromatic rings. The van der Waals surface area contributed by atoms with Crippen LogP contribution in [0.25, 0.3) is 11.3 Å². The van der Waals surface area contributed by atoms with E-state index in [1.807, 2.05) is 36.3 Å². The van der Waals surface area contributed by atoms with Crippen LogP contribution >= 0.6 is 11.3 Å². The number of H-pyrrole nitrogens is 1. The Kier molecular flexibility index (Phi) is 5.17. The van der Waals surface area contributed by atoms with Gasteiger partial charge in [0, 0.05) is 30.2 Å². The number of aromatic amines is 1. The van der Waals surface area contributed by atoms with Gasteiger partial charge < -0.3 is 15.2 Å². The Morgan fingerprint density at radius 3 is 2.86 bits per heavy atom. The summed E-state index contributed by atoms with van der Waals surface area (Å²) in [5, 5.41) is 5.67. The van der Waals surface area contributed by atoms with Gasteiger partial charge in [0.05, 0.1) is 11.4 Å². The van der Waals surface area contributed by atoms with Gasteiger partial charge in [-0.3, -0.25) is 4.79 Å². The van der Waals surface area contributed by atoms with Gasteiger partial charge in [-0.05, 0) is 49.4 Å². The number of nitrogens with zero attached hydrogens (tertiary/aromatic N) is 2. The van der Waals surface area contributed by atoms with E-state index in [0.29, 0.717) is 16.5 Å². The van der Waals surface area contributed by atoms with Crippen molar-refractivity contribution in [3.05, 3.63) is 52.4 Å². The molecule has 0 spiro atoms. The lowest BCUT2D eigenvalue weighted by molar-refractivity contribution is 0.0788. The zero-order valence-corrected chi connectivity index (χ0v) is 16.8. The Morgan fingerprint density at radius 2 is 2.11 bits per heavy atom. The molecule has 4 rings (SSSR count). The lowest BCUT2D eigenvalue weighted by Crippen LogP contribution is -2.27. The fraction of sp³-hybridized carbons (Fsp3) is 0.333. The predicted molar refractivity (Wildman–Crippen MR) is 111 cm³/mol. The Labute approximate surface area is 167 Å². The highest BCUT2D eigenvalue weighted by Crippen LogP contribution is 2.31. The van der Waals surface area contributed by atoms with Gasteiger partial charge in [-0.2, -0.15) is 0 Å². The SMILES string of the molecule is CCc1cc(C)cc(F)c1Nc1nc(-c2c[nH]c(C(=O)N3CCCC3)c2)cs1. The van der Waals surface area contributed by atoms with Crippen LogP contribution < -0.4 is 5.32 Å². The van der Waals surface area contributed by atoms with Gasteiger partial charge in [0.1, 0.15) is 11.5 Å². The number of halogens is 1. The summed E-state index contributed by atoms with van der Waals surface area (Å²) in [7, 11) is 0. The van der Waals surface area contributed by atoms with Gasteiger partial charge in [0.2, 0.25) is 0 Å². The molecule has 2 N–H and O–H groups in total. The molecule has 3 heterocycles. The molecule has 7 heteroatoms. The smallest absolute Gasteiger partial charge is 0.270 e. The number of likely N-dealkylation sites (tertiary alicyclic amines) is 1. The molecule has 1 amide bonds. The lowest BCUT2D eigenvalue weighted by Gasteiger charge is -2.13. The van der Waals surface area contributed by atoms with Crippen LogP contribution in [0.4, 0.5) is 15.2 Å². The molecule has 1 fully saturated rings. The molecule has 0 saturated carbocycles. The van der Waals surface area contributed by atoms with Gasteiger partial charge in [0.25, 0.3) is 5.91 Å². The highest BCUT2D eigenvalue weighted by molar-refractivity contribution is 7.14. The number of amides is 1. The normalized spacial score (nSPS) is 13.9. The van der Waals surface area contributed by atoms with Gasteiger partial charge >= 0.3 is 0 Å². The monoisotopic (exact) mass is 398 g/mol. The molecule has 2 aromatic heterocycles. The van der Waals surface area contributed by atoms with E-state index in [4.69, 9.17) is 0 Å². The number of benzene rings is 1. The van der Waals surface area contributed by atoms with Crippen LogP contribution in [0, 0.1) is 12.7 Å². The first-order chi connectivity index (χ1) is 13.5. The summed E-state index contributed by atoms with van der Waals surface area (Å²) in [6, 6.07) is 5.35. The minimum Gasteiger partial charge on any atom is -0.357 e. The van der Waals surface area contributed by atoms with E-state index in [1.54, 1.807) is 6.20 Å². The Bertz CT molecular complexity index is 1000. The van der Waals surface area contributed by atoms with E-state index in [2.05, 4.69) is 15.3 Å². The zero-order chi connectivity index (χ0) is 19.7. The average Bonchev–Trinajstić information content (AvgIpc) is 3.44. The van der Waals surface area contributed by atoms with E-state index in [-0.39, 0.29) is 11.7 Å². The summed E-state index contributed by atoms with van der Waals surface area (Å²) >= 11 is 1.42. The van der Waals surface area contributed by atoms with Gasteiger partial charge in [-0.15, -0.1) is 11.3 Å². The maximum Gasteiger partial charge on any atom is 0.270 e. The predicted octanol–water partition coefficient (Wildman–Crippen LogP) is 5.13. The van der Waals surface area contributed by atoms with Crippen molar-refractivity contribution in [1.29, 1.82) is 0 Å².